The molecule has 0 aromatic heterocycles. The highest BCUT2D eigenvalue weighted by molar-refractivity contribution is 4.83. The smallest absolute Gasteiger partial charge is 0.0824 e. The Balaban J connectivity index is 1.61. The van der Waals surface area contributed by atoms with Crippen LogP contribution < -0.4 is 0 Å². The zero-order chi connectivity index (χ0) is 10.7. The molecule has 0 spiro atoms. The van der Waals surface area contributed by atoms with E-state index in [9.17, 15) is 0 Å². The quantitative estimate of drug-likeness (QED) is 0.708. The standard InChI is InChI=1S/C13H25NO/c1-3-11-4-6-12(7-5-11)8-14-9-13(10-14)15-2/h11-13H,3-10H2,1-2H3. The van der Waals surface area contributed by atoms with E-state index in [4.69, 9.17) is 4.74 Å². The Morgan fingerprint density at radius 3 is 2.20 bits per heavy atom. The van der Waals surface area contributed by atoms with Gasteiger partial charge in [-0.3, -0.25) is 4.90 Å². The lowest BCUT2D eigenvalue weighted by Crippen LogP contribution is -2.53. The van der Waals surface area contributed by atoms with Crippen LogP contribution in [-0.4, -0.2) is 37.7 Å². The lowest BCUT2D eigenvalue weighted by Gasteiger charge is -2.41. The zero-order valence-electron chi connectivity index (χ0n) is 10.2. The van der Waals surface area contributed by atoms with Crippen molar-refractivity contribution >= 4 is 0 Å². The van der Waals surface area contributed by atoms with E-state index in [0.717, 1.165) is 11.8 Å². The third kappa shape index (κ3) is 2.94. The minimum absolute atomic E-state index is 0.525. The third-order valence-corrected chi connectivity index (χ3v) is 4.32. The molecule has 0 bridgehead atoms. The molecule has 0 amide bonds. The van der Waals surface area contributed by atoms with Gasteiger partial charge < -0.3 is 4.74 Å². The first-order valence-electron chi connectivity index (χ1n) is 6.57. The largest absolute Gasteiger partial charge is 0.379 e. The van der Waals surface area contributed by atoms with Crippen LogP contribution in [0, 0.1) is 11.8 Å². The highest BCUT2D eigenvalue weighted by Gasteiger charge is 2.29. The summed E-state index contributed by atoms with van der Waals surface area (Å²) in [5.41, 5.74) is 0. The number of ether oxygens (including phenoxy) is 1. The number of likely N-dealkylation sites (tertiary alicyclic amines) is 1. The van der Waals surface area contributed by atoms with Gasteiger partial charge in [-0.05, 0) is 24.7 Å². The first kappa shape index (κ1) is 11.4. The summed E-state index contributed by atoms with van der Waals surface area (Å²) in [7, 11) is 1.83. The summed E-state index contributed by atoms with van der Waals surface area (Å²) in [4.78, 5) is 2.56. The van der Waals surface area contributed by atoms with E-state index in [1.54, 1.807) is 0 Å². The van der Waals surface area contributed by atoms with E-state index < -0.39 is 0 Å². The molecule has 88 valence electrons. The molecular formula is C13H25NO. The SMILES string of the molecule is CCC1CCC(CN2CC(OC)C2)CC1. The molecule has 1 aliphatic heterocycles. The van der Waals surface area contributed by atoms with Gasteiger partial charge >= 0.3 is 0 Å². The van der Waals surface area contributed by atoms with E-state index in [1.165, 1.54) is 51.7 Å². The van der Waals surface area contributed by atoms with Crippen LogP contribution in [0.5, 0.6) is 0 Å². The number of methoxy groups -OCH3 is 1. The van der Waals surface area contributed by atoms with E-state index >= 15 is 0 Å². The molecule has 1 aliphatic carbocycles. The minimum Gasteiger partial charge on any atom is -0.379 e. The number of rotatable bonds is 4. The van der Waals surface area contributed by atoms with Crippen molar-refractivity contribution in [2.24, 2.45) is 11.8 Å². The number of hydrogen-bond acceptors (Lipinski definition) is 2. The maximum Gasteiger partial charge on any atom is 0.0824 e. The Hall–Kier alpha value is -0.0800. The van der Waals surface area contributed by atoms with Gasteiger partial charge in [0, 0.05) is 26.7 Å². The van der Waals surface area contributed by atoms with Crippen molar-refractivity contribution < 1.29 is 4.74 Å². The second-order valence-corrected chi connectivity index (χ2v) is 5.37. The molecule has 0 atom stereocenters. The van der Waals surface area contributed by atoms with E-state index in [2.05, 4.69) is 11.8 Å². The summed E-state index contributed by atoms with van der Waals surface area (Å²) in [6.45, 7) is 6.01. The van der Waals surface area contributed by atoms with Crippen molar-refractivity contribution in [2.75, 3.05) is 26.7 Å². The van der Waals surface area contributed by atoms with Gasteiger partial charge in [0.15, 0.2) is 0 Å². The molecule has 1 saturated carbocycles. The van der Waals surface area contributed by atoms with Crippen molar-refractivity contribution in [3.8, 4) is 0 Å². The molecule has 2 nitrogen and oxygen atoms in total. The second-order valence-electron chi connectivity index (χ2n) is 5.37. The number of nitrogens with zero attached hydrogens (tertiary/aromatic N) is 1. The van der Waals surface area contributed by atoms with Crippen molar-refractivity contribution in [3.05, 3.63) is 0 Å². The van der Waals surface area contributed by atoms with Gasteiger partial charge in [0.1, 0.15) is 0 Å². The van der Waals surface area contributed by atoms with Crippen molar-refractivity contribution in [1.82, 2.24) is 4.90 Å². The summed E-state index contributed by atoms with van der Waals surface area (Å²) < 4.78 is 5.30. The molecule has 2 rings (SSSR count). The van der Waals surface area contributed by atoms with Crippen molar-refractivity contribution in [2.45, 2.75) is 45.1 Å². The fourth-order valence-electron chi connectivity index (χ4n) is 3.01. The summed E-state index contributed by atoms with van der Waals surface area (Å²) in [5, 5.41) is 0. The molecule has 2 fully saturated rings. The van der Waals surface area contributed by atoms with Gasteiger partial charge in [-0.25, -0.2) is 0 Å². The van der Waals surface area contributed by atoms with Crippen LogP contribution in [0.25, 0.3) is 0 Å². The maximum atomic E-state index is 5.30. The van der Waals surface area contributed by atoms with Gasteiger partial charge in [-0.1, -0.05) is 26.2 Å². The van der Waals surface area contributed by atoms with Crippen LogP contribution in [0.3, 0.4) is 0 Å². The summed E-state index contributed by atoms with van der Waals surface area (Å²) in [6, 6.07) is 0. The molecule has 2 heteroatoms. The normalized spacial score (nSPS) is 34.0. The van der Waals surface area contributed by atoms with Crippen molar-refractivity contribution in [3.63, 3.8) is 0 Å². The van der Waals surface area contributed by atoms with Crippen LogP contribution in [0.15, 0.2) is 0 Å². The minimum atomic E-state index is 0.525. The Bertz CT molecular complexity index is 181. The van der Waals surface area contributed by atoms with Gasteiger partial charge in [-0.15, -0.1) is 0 Å². The highest BCUT2D eigenvalue weighted by Crippen LogP contribution is 2.31. The van der Waals surface area contributed by atoms with Crippen molar-refractivity contribution in [1.29, 1.82) is 0 Å². The van der Waals surface area contributed by atoms with Gasteiger partial charge in [0.2, 0.25) is 0 Å². The van der Waals surface area contributed by atoms with Crippen LogP contribution in [-0.2, 0) is 4.74 Å². The molecule has 0 aromatic rings. The van der Waals surface area contributed by atoms with Gasteiger partial charge in [0.25, 0.3) is 0 Å². The maximum absolute atomic E-state index is 5.30. The molecule has 0 radical (unpaired) electrons. The predicted octanol–water partition coefficient (Wildman–Crippen LogP) is 2.53. The topological polar surface area (TPSA) is 12.5 Å². The molecule has 1 heterocycles. The summed E-state index contributed by atoms with van der Waals surface area (Å²) >= 11 is 0. The van der Waals surface area contributed by atoms with E-state index in [-0.39, 0.29) is 0 Å². The van der Waals surface area contributed by atoms with E-state index in [0.29, 0.717) is 6.10 Å². The summed E-state index contributed by atoms with van der Waals surface area (Å²) in [5.74, 6) is 2.01. The predicted molar refractivity (Wildman–Crippen MR) is 63.0 cm³/mol. The molecule has 1 saturated heterocycles. The van der Waals surface area contributed by atoms with Crippen LogP contribution >= 0.6 is 0 Å². The Morgan fingerprint density at radius 1 is 1.07 bits per heavy atom. The van der Waals surface area contributed by atoms with Crippen LogP contribution in [0.1, 0.15) is 39.0 Å². The van der Waals surface area contributed by atoms with Gasteiger partial charge in [-0.2, -0.15) is 0 Å². The lowest BCUT2D eigenvalue weighted by molar-refractivity contribution is -0.0386. The molecule has 0 aromatic carbocycles. The Labute approximate surface area is 94.0 Å². The fraction of sp³-hybridized carbons (Fsp3) is 1.00. The monoisotopic (exact) mass is 211 g/mol. The molecule has 0 N–H and O–H groups in total. The number of hydrogen-bond donors (Lipinski definition) is 0. The molecular weight excluding hydrogens is 186 g/mol. The average molecular weight is 211 g/mol. The Morgan fingerprint density at radius 2 is 1.67 bits per heavy atom. The molecule has 0 unspecified atom stereocenters. The fourth-order valence-corrected chi connectivity index (χ4v) is 3.01. The van der Waals surface area contributed by atoms with Crippen LogP contribution in [0.4, 0.5) is 0 Å². The Kier molecular flexibility index (Phi) is 4.04. The first-order valence-corrected chi connectivity index (χ1v) is 6.57. The third-order valence-electron chi connectivity index (χ3n) is 4.32. The average Bonchev–Trinajstić information content (AvgIpc) is 2.23. The highest BCUT2D eigenvalue weighted by atomic mass is 16.5. The zero-order valence-corrected chi connectivity index (χ0v) is 10.2. The second kappa shape index (κ2) is 5.31. The van der Waals surface area contributed by atoms with E-state index in [1.807, 2.05) is 7.11 Å². The molecule has 2 aliphatic rings. The van der Waals surface area contributed by atoms with Crippen LogP contribution in [0.2, 0.25) is 0 Å². The lowest BCUT2D eigenvalue weighted by atomic mass is 9.80. The molecule has 15 heavy (non-hydrogen) atoms. The summed E-state index contributed by atoms with van der Waals surface area (Å²) in [6.07, 6.45) is 7.80. The first-order chi connectivity index (χ1) is 7.31. The van der Waals surface area contributed by atoms with Gasteiger partial charge in [0.05, 0.1) is 6.10 Å².